The molecule has 1 N–H and O–H groups in total. The molecule has 1 atom stereocenters. The maximum absolute atomic E-state index is 13.0. The van der Waals surface area contributed by atoms with Crippen LogP contribution >= 0.6 is 11.6 Å². The van der Waals surface area contributed by atoms with Crippen LogP contribution in [0.5, 0.6) is 0 Å². The molecule has 7 nitrogen and oxygen atoms in total. The van der Waals surface area contributed by atoms with Crippen molar-refractivity contribution >= 4 is 11.6 Å². The van der Waals surface area contributed by atoms with Crippen molar-refractivity contribution in [2.45, 2.75) is 26.0 Å². The van der Waals surface area contributed by atoms with Gasteiger partial charge in [-0.25, -0.2) is 9.07 Å². The second-order valence-corrected chi connectivity index (χ2v) is 5.44. The number of aliphatic hydroxyl groups excluding tert-OH is 1. The van der Waals surface area contributed by atoms with E-state index in [1.54, 1.807) is 19.2 Å². The van der Waals surface area contributed by atoms with Gasteiger partial charge < -0.3 is 9.63 Å². The highest BCUT2D eigenvalue weighted by atomic mass is 35.5. The van der Waals surface area contributed by atoms with Crippen LogP contribution in [0.3, 0.4) is 0 Å². The molecule has 0 bridgehead atoms. The molecule has 2 aromatic heterocycles. The van der Waals surface area contributed by atoms with Gasteiger partial charge in [0.15, 0.2) is 5.82 Å². The fourth-order valence-corrected chi connectivity index (χ4v) is 2.22. The second-order valence-electron chi connectivity index (χ2n) is 5.03. The minimum Gasteiger partial charge on any atom is -0.387 e. The first-order valence-electron chi connectivity index (χ1n) is 6.85. The number of nitrogens with zero attached hydrogens (tertiary/aromatic N) is 5. The zero-order valence-electron chi connectivity index (χ0n) is 12.1. The fourth-order valence-electron chi connectivity index (χ4n) is 1.98. The minimum atomic E-state index is -0.692. The molecule has 1 unspecified atom stereocenters. The van der Waals surface area contributed by atoms with Crippen molar-refractivity contribution in [3.8, 4) is 0 Å². The smallest absolute Gasteiger partial charge is 0.248 e. The highest BCUT2D eigenvalue weighted by molar-refractivity contribution is 6.31. The van der Waals surface area contributed by atoms with Crippen LogP contribution < -0.4 is 0 Å². The lowest BCUT2D eigenvalue weighted by molar-refractivity contribution is 0.194. The van der Waals surface area contributed by atoms with E-state index in [2.05, 4.69) is 20.5 Å². The average molecular weight is 338 g/mol. The maximum atomic E-state index is 13.0. The summed E-state index contributed by atoms with van der Waals surface area (Å²) in [7, 11) is 0. The predicted octanol–water partition coefficient (Wildman–Crippen LogP) is 2.15. The fraction of sp³-hybridized carbons (Fsp3) is 0.286. The highest BCUT2D eigenvalue weighted by Crippen LogP contribution is 2.19. The Kier molecular flexibility index (Phi) is 4.35. The van der Waals surface area contributed by atoms with E-state index in [0.717, 1.165) is 0 Å². The summed E-state index contributed by atoms with van der Waals surface area (Å²) in [5.74, 6) is 0.386. The van der Waals surface area contributed by atoms with Crippen LogP contribution in [0.15, 0.2) is 28.9 Å². The Labute approximate surface area is 135 Å². The number of aliphatic hydroxyl groups is 1. The second kappa shape index (κ2) is 6.43. The summed E-state index contributed by atoms with van der Waals surface area (Å²) in [5.41, 5.74) is 1.17. The van der Waals surface area contributed by atoms with Crippen molar-refractivity contribution in [3.05, 3.63) is 58.2 Å². The van der Waals surface area contributed by atoms with Gasteiger partial charge in [0.05, 0.1) is 12.3 Å². The molecule has 0 radical (unpaired) electrons. The third kappa shape index (κ3) is 3.72. The topological polar surface area (TPSA) is 89.9 Å². The molecular weight excluding hydrogens is 325 g/mol. The Hall–Kier alpha value is -2.32. The third-order valence-electron chi connectivity index (χ3n) is 3.16. The van der Waals surface area contributed by atoms with Crippen LogP contribution in [0.25, 0.3) is 0 Å². The summed E-state index contributed by atoms with van der Waals surface area (Å²) in [6.07, 6.45) is 1.24. The SMILES string of the molecule is CC(O)c1cn(Cc2nc(Cc3ccc(F)cc3Cl)no2)nn1. The van der Waals surface area contributed by atoms with E-state index < -0.39 is 11.9 Å². The van der Waals surface area contributed by atoms with Gasteiger partial charge in [-0.1, -0.05) is 28.0 Å². The van der Waals surface area contributed by atoms with Crippen molar-refractivity contribution in [2.24, 2.45) is 0 Å². The molecule has 0 aliphatic heterocycles. The van der Waals surface area contributed by atoms with Gasteiger partial charge in [0.25, 0.3) is 0 Å². The monoisotopic (exact) mass is 337 g/mol. The van der Waals surface area contributed by atoms with E-state index in [1.165, 1.54) is 16.8 Å². The van der Waals surface area contributed by atoms with Crippen molar-refractivity contribution in [1.29, 1.82) is 0 Å². The van der Waals surface area contributed by atoms with Gasteiger partial charge in [0, 0.05) is 11.4 Å². The zero-order valence-corrected chi connectivity index (χ0v) is 12.9. The molecule has 0 aliphatic carbocycles. The largest absolute Gasteiger partial charge is 0.387 e. The van der Waals surface area contributed by atoms with Gasteiger partial charge >= 0.3 is 0 Å². The van der Waals surface area contributed by atoms with Crippen LogP contribution in [0, 0.1) is 5.82 Å². The summed E-state index contributed by atoms with van der Waals surface area (Å²) < 4.78 is 19.7. The van der Waals surface area contributed by atoms with Crippen LogP contribution in [-0.4, -0.2) is 30.2 Å². The van der Waals surface area contributed by atoms with Crippen molar-refractivity contribution < 1.29 is 14.0 Å². The van der Waals surface area contributed by atoms with Gasteiger partial charge in [0.1, 0.15) is 18.1 Å². The first-order chi connectivity index (χ1) is 11.0. The van der Waals surface area contributed by atoms with Crippen LogP contribution in [0.2, 0.25) is 5.02 Å². The molecule has 0 saturated heterocycles. The number of rotatable bonds is 5. The van der Waals surface area contributed by atoms with Crippen LogP contribution in [0.1, 0.15) is 36.0 Å². The maximum Gasteiger partial charge on any atom is 0.248 e. The summed E-state index contributed by atoms with van der Waals surface area (Å²) in [6.45, 7) is 1.84. The molecule has 3 rings (SSSR count). The number of benzene rings is 1. The van der Waals surface area contributed by atoms with E-state index in [1.807, 2.05) is 0 Å². The molecule has 0 spiro atoms. The highest BCUT2D eigenvalue weighted by Gasteiger charge is 2.12. The van der Waals surface area contributed by atoms with Crippen LogP contribution in [-0.2, 0) is 13.0 Å². The Morgan fingerprint density at radius 2 is 2.26 bits per heavy atom. The molecule has 1 aromatic carbocycles. The van der Waals surface area contributed by atoms with Crippen molar-refractivity contribution in [2.75, 3.05) is 0 Å². The first kappa shape index (κ1) is 15.6. The summed E-state index contributed by atoms with van der Waals surface area (Å²) in [4.78, 5) is 4.24. The van der Waals surface area contributed by atoms with E-state index in [4.69, 9.17) is 16.1 Å². The quantitative estimate of drug-likeness (QED) is 0.767. The normalized spacial score (nSPS) is 12.5. The number of hydrogen-bond acceptors (Lipinski definition) is 6. The Balaban J connectivity index is 1.70. The molecule has 9 heteroatoms. The minimum absolute atomic E-state index is 0.240. The van der Waals surface area contributed by atoms with E-state index in [0.29, 0.717) is 34.4 Å². The molecule has 0 aliphatic rings. The van der Waals surface area contributed by atoms with Gasteiger partial charge in [-0.15, -0.1) is 5.10 Å². The molecule has 2 heterocycles. The third-order valence-corrected chi connectivity index (χ3v) is 3.51. The molecule has 3 aromatic rings. The lowest BCUT2D eigenvalue weighted by Gasteiger charge is -2.00. The first-order valence-corrected chi connectivity index (χ1v) is 7.22. The summed E-state index contributed by atoms with van der Waals surface area (Å²) >= 11 is 5.98. The number of hydrogen-bond donors (Lipinski definition) is 1. The molecule has 0 saturated carbocycles. The Morgan fingerprint density at radius 3 is 2.96 bits per heavy atom. The zero-order chi connectivity index (χ0) is 16.4. The summed E-state index contributed by atoms with van der Waals surface area (Å²) in [5, 5.41) is 21.3. The lowest BCUT2D eigenvalue weighted by atomic mass is 10.1. The average Bonchev–Trinajstić information content (AvgIpc) is 3.12. The number of aromatic nitrogens is 5. The van der Waals surface area contributed by atoms with E-state index in [9.17, 15) is 9.50 Å². The standard InChI is InChI=1S/C14H13ClFN5O2/c1-8(22)12-6-21(20-18-12)7-14-17-13(19-23-14)4-9-2-3-10(16)5-11(9)15/h2-3,5-6,8,22H,4,7H2,1H3. The molecule has 0 amide bonds. The van der Waals surface area contributed by atoms with Gasteiger partial charge in [-0.05, 0) is 24.6 Å². The van der Waals surface area contributed by atoms with E-state index in [-0.39, 0.29) is 6.54 Å². The molecule has 120 valence electrons. The van der Waals surface area contributed by atoms with Gasteiger partial charge in [0.2, 0.25) is 5.89 Å². The molecule has 0 fully saturated rings. The molecule has 23 heavy (non-hydrogen) atoms. The Morgan fingerprint density at radius 1 is 1.43 bits per heavy atom. The molecular formula is C14H13ClFN5O2. The lowest BCUT2D eigenvalue weighted by Crippen LogP contribution is -2.01. The van der Waals surface area contributed by atoms with Crippen molar-refractivity contribution in [1.82, 2.24) is 25.1 Å². The predicted molar refractivity (Wildman–Crippen MR) is 78.3 cm³/mol. The van der Waals surface area contributed by atoms with Gasteiger partial charge in [-0.2, -0.15) is 4.98 Å². The van der Waals surface area contributed by atoms with Crippen LogP contribution in [0.4, 0.5) is 4.39 Å². The summed E-state index contributed by atoms with van der Waals surface area (Å²) in [6, 6.07) is 4.15. The van der Waals surface area contributed by atoms with Crippen molar-refractivity contribution in [3.63, 3.8) is 0 Å². The Bertz CT molecular complexity index is 817. The number of halogens is 2. The van der Waals surface area contributed by atoms with E-state index >= 15 is 0 Å². The van der Waals surface area contributed by atoms with Gasteiger partial charge in [-0.3, -0.25) is 0 Å².